The molecule has 2 amide bonds. The van der Waals surface area contributed by atoms with E-state index in [4.69, 9.17) is 4.74 Å². The molecule has 2 aliphatic rings. The molecule has 1 fully saturated rings. The Bertz CT molecular complexity index is 913. The third-order valence-corrected chi connectivity index (χ3v) is 6.95. The summed E-state index contributed by atoms with van der Waals surface area (Å²) in [6, 6.07) is 8.50. The molecule has 2 aliphatic heterocycles. The molecule has 0 radical (unpaired) electrons. The molecular weight excluding hydrogens is 410 g/mol. The van der Waals surface area contributed by atoms with Crippen LogP contribution in [0.5, 0.6) is 5.75 Å². The normalized spacial score (nSPS) is 20.5. The maximum absolute atomic E-state index is 13.3. The fourth-order valence-corrected chi connectivity index (χ4v) is 5.11. The number of amides is 2. The minimum atomic E-state index is -0.0405. The van der Waals surface area contributed by atoms with Gasteiger partial charge in [0.25, 0.3) is 0 Å². The second kappa shape index (κ2) is 10.3. The lowest BCUT2D eigenvalue weighted by molar-refractivity contribution is -0.142. The largest absolute Gasteiger partial charge is 0.494 e. The Morgan fingerprint density at radius 2 is 2.13 bits per heavy atom. The van der Waals surface area contributed by atoms with Gasteiger partial charge in [-0.2, -0.15) is 0 Å². The molecule has 31 heavy (non-hydrogen) atoms. The number of carbonyl (C=O) groups is 2. The molecular formula is C24H31N3O3S. The molecule has 0 spiro atoms. The average molecular weight is 442 g/mol. The van der Waals surface area contributed by atoms with Gasteiger partial charge in [0.05, 0.1) is 30.3 Å². The number of carbonyl (C=O) groups excluding carboxylic acids is 2. The molecule has 2 bridgehead atoms. The number of nitrogens with zero attached hydrogens (tertiary/aromatic N) is 3. The number of aromatic nitrogens is 1. The number of aryl methyl sites for hydroxylation is 2. The van der Waals surface area contributed by atoms with Gasteiger partial charge >= 0.3 is 0 Å². The number of hydrogen-bond donors (Lipinski definition) is 0. The van der Waals surface area contributed by atoms with Crippen LogP contribution >= 0.6 is 11.3 Å². The van der Waals surface area contributed by atoms with Crippen molar-refractivity contribution in [3.8, 4) is 5.75 Å². The van der Waals surface area contributed by atoms with Gasteiger partial charge in [-0.3, -0.25) is 9.59 Å². The van der Waals surface area contributed by atoms with Crippen LogP contribution < -0.4 is 4.74 Å². The highest BCUT2D eigenvalue weighted by Crippen LogP contribution is 2.24. The van der Waals surface area contributed by atoms with E-state index in [1.54, 1.807) is 16.2 Å². The first-order valence-corrected chi connectivity index (χ1v) is 12.2. The lowest BCUT2D eigenvalue weighted by Gasteiger charge is -2.37. The van der Waals surface area contributed by atoms with Crippen LogP contribution in [0.15, 0.2) is 29.6 Å². The molecule has 166 valence electrons. The molecule has 4 rings (SSSR count). The van der Waals surface area contributed by atoms with Crippen LogP contribution in [0.25, 0.3) is 0 Å². The highest BCUT2D eigenvalue weighted by molar-refractivity contribution is 7.09. The first-order valence-electron chi connectivity index (χ1n) is 11.3. The fourth-order valence-electron chi connectivity index (χ4n) is 4.50. The number of rotatable bonds is 2. The van der Waals surface area contributed by atoms with Gasteiger partial charge in [-0.15, -0.1) is 11.3 Å². The predicted octanol–water partition coefficient (Wildman–Crippen LogP) is 3.62. The molecule has 1 aromatic heterocycles. The highest BCUT2D eigenvalue weighted by Gasteiger charge is 2.29. The van der Waals surface area contributed by atoms with Gasteiger partial charge in [-0.25, -0.2) is 4.98 Å². The molecule has 1 atom stereocenters. The van der Waals surface area contributed by atoms with Gasteiger partial charge < -0.3 is 14.5 Å². The van der Waals surface area contributed by atoms with Crippen LogP contribution in [0.1, 0.15) is 48.4 Å². The number of benzene rings is 1. The van der Waals surface area contributed by atoms with Crippen LogP contribution in [0.3, 0.4) is 0 Å². The lowest BCUT2D eigenvalue weighted by atomic mass is 9.95. The quantitative estimate of drug-likeness (QED) is 0.714. The van der Waals surface area contributed by atoms with Crippen molar-refractivity contribution in [1.29, 1.82) is 0 Å². The van der Waals surface area contributed by atoms with E-state index in [2.05, 4.69) is 17.1 Å². The third kappa shape index (κ3) is 5.85. The van der Waals surface area contributed by atoms with E-state index in [0.29, 0.717) is 19.6 Å². The second-order valence-corrected chi connectivity index (χ2v) is 9.54. The maximum atomic E-state index is 13.3. The third-order valence-electron chi connectivity index (χ3n) is 6.13. The Morgan fingerprint density at radius 1 is 1.23 bits per heavy atom. The standard InChI is InChI=1S/C24H31N3O3S/c1-18-25-20(17-31-18)15-23(28)26-11-5-13-30-22-8-4-6-19(14-22)9-10-21-7-2-3-12-27(21)24(29)16-26/h4,6,8,14,17,21H,2-3,5,7,9-13,15-16H2,1H3. The molecule has 7 heteroatoms. The van der Waals surface area contributed by atoms with Gasteiger partial charge in [-0.05, 0) is 63.1 Å². The number of hydrogen-bond acceptors (Lipinski definition) is 5. The summed E-state index contributed by atoms with van der Waals surface area (Å²) in [5, 5.41) is 2.88. The van der Waals surface area contributed by atoms with Crippen molar-refractivity contribution in [2.75, 3.05) is 26.2 Å². The molecule has 6 nitrogen and oxygen atoms in total. The molecule has 1 saturated heterocycles. The van der Waals surface area contributed by atoms with Crippen LogP contribution in [0.2, 0.25) is 0 Å². The van der Waals surface area contributed by atoms with E-state index in [1.165, 1.54) is 5.56 Å². The van der Waals surface area contributed by atoms with E-state index >= 15 is 0 Å². The average Bonchev–Trinajstić information content (AvgIpc) is 3.18. The van der Waals surface area contributed by atoms with Crippen molar-refractivity contribution in [2.45, 2.75) is 57.9 Å². The Hall–Kier alpha value is -2.41. The molecule has 0 N–H and O–H groups in total. The Balaban J connectivity index is 1.51. The molecule has 0 saturated carbocycles. The summed E-state index contributed by atoms with van der Waals surface area (Å²) < 4.78 is 5.93. The zero-order chi connectivity index (χ0) is 21.6. The molecule has 2 aromatic rings. The van der Waals surface area contributed by atoms with Crippen molar-refractivity contribution in [2.24, 2.45) is 0 Å². The summed E-state index contributed by atoms with van der Waals surface area (Å²) >= 11 is 1.55. The smallest absolute Gasteiger partial charge is 0.242 e. The minimum absolute atomic E-state index is 0.0405. The van der Waals surface area contributed by atoms with Crippen LogP contribution in [0, 0.1) is 6.92 Å². The van der Waals surface area contributed by atoms with E-state index < -0.39 is 0 Å². The second-order valence-electron chi connectivity index (χ2n) is 8.47. The summed E-state index contributed by atoms with van der Waals surface area (Å²) in [6.45, 7) is 3.89. The number of ether oxygens (including phenoxy) is 1. The summed E-state index contributed by atoms with van der Waals surface area (Å²) in [6.07, 6.45) is 6.03. The zero-order valence-corrected chi connectivity index (χ0v) is 19.0. The number of piperidine rings is 1. The highest BCUT2D eigenvalue weighted by atomic mass is 32.1. The zero-order valence-electron chi connectivity index (χ0n) is 18.2. The van der Waals surface area contributed by atoms with Gasteiger partial charge in [0.1, 0.15) is 5.75 Å². The fraction of sp³-hybridized carbons (Fsp3) is 0.542. The topological polar surface area (TPSA) is 62.7 Å². The summed E-state index contributed by atoms with van der Waals surface area (Å²) in [5.74, 6) is 0.905. The summed E-state index contributed by atoms with van der Waals surface area (Å²) in [4.78, 5) is 34.5. The monoisotopic (exact) mass is 441 g/mol. The van der Waals surface area contributed by atoms with E-state index in [9.17, 15) is 9.59 Å². The van der Waals surface area contributed by atoms with Crippen molar-refractivity contribution >= 4 is 23.2 Å². The molecule has 3 heterocycles. The van der Waals surface area contributed by atoms with Gasteiger partial charge in [0.15, 0.2) is 0 Å². The van der Waals surface area contributed by atoms with E-state index in [0.717, 1.165) is 55.1 Å². The minimum Gasteiger partial charge on any atom is -0.494 e. The first kappa shape index (κ1) is 21.8. The summed E-state index contributed by atoms with van der Waals surface area (Å²) in [7, 11) is 0. The molecule has 1 aromatic carbocycles. The molecule has 1 unspecified atom stereocenters. The van der Waals surface area contributed by atoms with Crippen LogP contribution in [-0.2, 0) is 22.4 Å². The lowest BCUT2D eigenvalue weighted by Crippen LogP contribution is -2.49. The van der Waals surface area contributed by atoms with Gasteiger partial charge in [0, 0.05) is 24.5 Å². The predicted molar refractivity (Wildman–Crippen MR) is 121 cm³/mol. The number of thiazole rings is 1. The maximum Gasteiger partial charge on any atom is 0.242 e. The van der Waals surface area contributed by atoms with Gasteiger partial charge in [-0.1, -0.05) is 12.1 Å². The number of fused-ring (bicyclic) bond motifs is 3. The van der Waals surface area contributed by atoms with Crippen LogP contribution in [0.4, 0.5) is 0 Å². The van der Waals surface area contributed by atoms with Crippen molar-refractivity contribution in [1.82, 2.24) is 14.8 Å². The van der Waals surface area contributed by atoms with E-state index in [1.807, 2.05) is 29.3 Å². The Kier molecular flexibility index (Phi) is 7.22. The molecule has 0 aliphatic carbocycles. The Morgan fingerprint density at radius 3 is 2.97 bits per heavy atom. The SMILES string of the molecule is Cc1nc(CC(=O)N2CCCOc3cccc(c3)CCC3CCCCN3C(=O)C2)cs1. The van der Waals surface area contributed by atoms with Crippen LogP contribution in [-0.4, -0.2) is 58.9 Å². The van der Waals surface area contributed by atoms with Crippen molar-refractivity contribution in [3.63, 3.8) is 0 Å². The van der Waals surface area contributed by atoms with E-state index in [-0.39, 0.29) is 30.8 Å². The van der Waals surface area contributed by atoms with Crippen molar-refractivity contribution in [3.05, 3.63) is 45.9 Å². The summed E-state index contributed by atoms with van der Waals surface area (Å²) in [5.41, 5.74) is 2.03. The first-order chi connectivity index (χ1) is 15.1. The van der Waals surface area contributed by atoms with Gasteiger partial charge in [0.2, 0.25) is 11.8 Å². The van der Waals surface area contributed by atoms with Crippen molar-refractivity contribution < 1.29 is 14.3 Å². The Labute approximate surface area is 188 Å².